The molecule has 11 aromatic rings. The molecule has 0 aliphatic heterocycles. The molecule has 0 aliphatic rings. The van der Waals surface area contributed by atoms with Gasteiger partial charge in [-0.25, -0.2) is 0 Å². The second kappa shape index (κ2) is 12.0. The van der Waals surface area contributed by atoms with Gasteiger partial charge < -0.3 is 4.90 Å². The molecule has 11 aromatic carbocycles. The summed E-state index contributed by atoms with van der Waals surface area (Å²) in [5, 5.41) is 15.2. The third-order valence-corrected chi connectivity index (χ3v) is 11.4. The summed E-state index contributed by atoms with van der Waals surface area (Å²) >= 11 is 0. The van der Waals surface area contributed by atoms with Crippen molar-refractivity contribution in [3.63, 3.8) is 0 Å². The van der Waals surface area contributed by atoms with Crippen molar-refractivity contribution in [3.05, 3.63) is 200 Å². The summed E-state index contributed by atoms with van der Waals surface area (Å²) in [6, 6.07) is 71.7. The quantitative estimate of drug-likeness (QED) is 0.129. The molecule has 0 radical (unpaired) electrons. The molecule has 0 spiro atoms. The van der Waals surface area contributed by atoms with E-state index in [1.165, 1.54) is 98.1 Å². The topological polar surface area (TPSA) is 3.24 Å². The molecule has 11 rings (SSSR count). The van der Waals surface area contributed by atoms with Gasteiger partial charge in [-0.1, -0.05) is 170 Å². The normalized spacial score (nSPS) is 11.8. The van der Waals surface area contributed by atoms with Crippen LogP contribution in [0.4, 0.5) is 17.1 Å². The molecule has 1 nitrogen and oxygen atoms in total. The van der Waals surface area contributed by atoms with Crippen LogP contribution < -0.4 is 4.90 Å². The predicted molar refractivity (Wildman–Crippen MR) is 233 cm³/mol. The molecule has 0 saturated heterocycles. The van der Waals surface area contributed by atoms with E-state index in [9.17, 15) is 0 Å². The van der Waals surface area contributed by atoms with E-state index in [1.807, 2.05) is 0 Å². The van der Waals surface area contributed by atoms with Gasteiger partial charge in [0.25, 0.3) is 0 Å². The fraction of sp³-hybridized carbons (Fsp3) is 0.0189. The molecule has 252 valence electrons. The van der Waals surface area contributed by atoms with Crippen LogP contribution in [0.25, 0.3) is 86.9 Å². The average molecular weight is 686 g/mol. The minimum absolute atomic E-state index is 1.13. The number of rotatable bonds is 5. The number of aryl methyl sites for hydroxylation is 1. The van der Waals surface area contributed by atoms with E-state index in [0.717, 1.165) is 11.4 Å². The van der Waals surface area contributed by atoms with Crippen LogP contribution in [-0.2, 0) is 0 Å². The monoisotopic (exact) mass is 685 g/mol. The first-order chi connectivity index (χ1) is 26.7. The Hall–Kier alpha value is -6.96. The Morgan fingerprint density at radius 1 is 0.352 bits per heavy atom. The lowest BCUT2D eigenvalue weighted by molar-refractivity contribution is 1.33. The highest BCUT2D eigenvalue weighted by Gasteiger charge is 2.23. The molecule has 0 atom stereocenters. The van der Waals surface area contributed by atoms with E-state index in [-0.39, 0.29) is 0 Å². The molecule has 0 saturated carbocycles. The largest absolute Gasteiger partial charge is 0.309 e. The maximum absolute atomic E-state index is 2.48. The van der Waals surface area contributed by atoms with Gasteiger partial charge in [0.05, 0.1) is 11.4 Å². The highest BCUT2D eigenvalue weighted by Crippen LogP contribution is 2.50. The maximum Gasteiger partial charge on any atom is 0.0619 e. The van der Waals surface area contributed by atoms with Gasteiger partial charge in [0, 0.05) is 21.8 Å². The number of benzene rings is 11. The molecule has 1 heteroatoms. The Bertz CT molecular complexity index is 3150. The van der Waals surface area contributed by atoms with Crippen molar-refractivity contribution >= 4 is 81.7 Å². The summed E-state index contributed by atoms with van der Waals surface area (Å²) < 4.78 is 0. The van der Waals surface area contributed by atoms with Gasteiger partial charge in [-0.15, -0.1) is 0 Å². The lowest BCUT2D eigenvalue weighted by Crippen LogP contribution is -2.12. The number of hydrogen-bond acceptors (Lipinski definition) is 1. The van der Waals surface area contributed by atoms with E-state index >= 15 is 0 Å². The van der Waals surface area contributed by atoms with Crippen LogP contribution in [-0.4, -0.2) is 0 Å². The van der Waals surface area contributed by atoms with Gasteiger partial charge in [-0.2, -0.15) is 0 Å². The van der Waals surface area contributed by atoms with E-state index < -0.39 is 0 Å². The van der Waals surface area contributed by atoms with E-state index in [2.05, 4.69) is 206 Å². The summed E-state index contributed by atoms with van der Waals surface area (Å²) in [5.74, 6) is 0. The summed E-state index contributed by atoms with van der Waals surface area (Å²) in [6.07, 6.45) is 0. The van der Waals surface area contributed by atoms with E-state index in [4.69, 9.17) is 0 Å². The van der Waals surface area contributed by atoms with Crippen molar-refractivity contribution in [2.75, 3.05) is 4.90 Å². The molecule has 0 amide bonds. The zero-order valence-electron chi connectivity index (χ0n) is 29.9. The Balaban J connectivity index is 1.20. The molecule has 0 bridgehead atoms. The highest BCUT2D eigenvalue weighted by atomic mass is 15.1. The minimum atomic E-state index is 1.13. The molecule has 0 aliphatic carbocycles. The van der Waals surface area contributed by atoms with E-state index in [0.29, 0.717) is 0 Å². The maximum atomic E-state index is 2.48. The molecular weight excluding hydrogens is 651 g/mol. The van der Waals surface area contributed by atoms with Crippen LogP contribution in [0.2, 0.25) is 0 Å². The molecular formula is C53H35N. The second-order valence-electron chi connectivity index (χ2n) is 14.5. The number of anilines is 3. The SMILES string of the molecule is Cc1cc(-c2c3ccccc3c(N(c3ccccc3)c3cccc4ccccc34)c3ccccc23)cc(-c2ccc3ccc4cccc5ccc2c3c45)c1. The fourth-order valence-electron chi connectivity index (χ4n) is 9.10. The first kappa shape index (κ1) is 30.6. The zero-order valence-corrected chi connectivity index (χ0v) is 29.9. The molecule has 0 heterocycles. The van der Waals surface area contributed by atoms with Crippen molar-refractivity contribution in [1.82, 2.24) is 0 Å². The summed E-state index contributed by atoms with van der Waals surface area (Å²) in [7, 11) is 0. The standard InChI is InChI=1S/C53H35N/c1-34-31-39(42-29-27-38-26-25-36-15-11-16-37-28-30-46(42)52(38)50(36)37)33-40(32-34)51-44-20-7-9-22-47(44)53(48-23-10-8-21-45(48)51)54(41-17-3-2-4-18-41)49-24-12-14-35-13-5-6-19-43(35)49/h2-33H,1H3. The molecule has 54 heavy (non-hydrogen) atoms. The van der Waals surface area contributed by atoms with Crippen LogP contribution in [0.1, 0.15) is 5.56 Å². The van der Waals surface area contributed by atoms with Crippen LogP contribution >= 0.6 is 0 Å². The molecule has 0 unspecified atom stereocenters. The van der Waals surface area contributed by atoms with Crippen molar-refractivity contribution in [2.45, 2.75) is 6.92 Å². The van der Waals surface area contributed by atoms with Crippen molar-refractivity contribution < 1.29 is 0 Å². The van der Waals surface area contributed by atoms with Crippen molar-refractivity contribution in [1.29, 1.82) is 0 Å². The summed E-state index contributed by atoms with van der Waals surface area (Å²) in [4.78, 5) is 2.48. The number of hydrogen-bond donors (Lipinski definition) is 0. The fourth-order valence-corrected chi connectivity index (χ4v) is 9.10. The van der Waals surface area contributed by atoms with Gasteiger partial charge >= 0.3 is 0 Å². The first-order valence-electron chi connectivity index (χ1n) is 18.8. The minimum Gasteiger partial charge on any atom is -0.309 e. The lowest BCUT2D eigenvalue weighted by Gasteiger charge is -2.30. The molecule has 0 fully saturated rings. The Morgan fingerprint density at radius 2 is 0.889 bits per heavy atom. The van der Waals surface area contributed by atoms with Gasteiger partial charge in [0.1, 0.15) is 0 Å². The van der Waals surface area contributed by atoms with Gasteiger partial charge in [-0.05, 0) is 107 Å². The van der Waals surface area contributed by atoms with Crippen LogP contribution in [0, 0.1) is 6.92 Å². The van der Waals surface area contributed by atoms with Crippen LogP contribution in [0.15, 0.2) is 194 Å². The van der Waals surface area contributed by atoms with Crippen LogP contribution in [0.3, 0.4) is 0 Å². The molecule has 0 N–H and O–H groups in total. The highest BCUT2D eigenvalue weighted by molar-refractivity contribution is 6.26. The zero-order chi connectivity index (χ0) is 35.8. The summed E-state index contributed by atoms with van der Waals surface area (Å²) in [6.45, 7) is 2.24. The summed E-state index contributed by atoms with van der Waals surface area (Å²) in [5.41, 5.74) is 9.71. The Labute approximate surface area is 314 Å². The van der Waals surface area contributed by atoms with Gasteiger partial charge in [0.15, 0.2) is 0 Å². The smallest absolute Gasteiger partial charge is 0.0619 e. The van der Waals surface area contributed by atoms with Crippen molar-refractivity contribution in [2.24, 2.45) is 0 Å². The average Bonchev–Trinajstić information content (AvgIpc) is 3.23. The number of nitrogens with zero attached hydrogens (tertiary/aromatic N) is 1. The third-order valence-electron chi connectivity index (χ3n) is 11.4. The van der Waals surface area contributed by atoms with Crippen LogP contribution in [0.5, 0.6) is 0 Å². The Kier molecular flexibility index (Phi) is 6.84. The van der Waals surface area contributed by atoms with Gasteiger partial charge in [0.2, 0.25) is 0 Å². The Morgan fingerprint density at radius 3 is 1.63 bits per heavy atom. The van der Waals surface area contributed by atoms with Gasteiger partial charge in [-0.3, -0.25) is 0 Å². The molecule has 0 aromatic heterocycles. The second-order valence-corrected chi connectivity index (χ2v) is 14.5. The van der Waals surface area contributed by atoms with Crippen molar-refractivity contribution in [3.8, 4) is 22.3 Å². The number of fused-ring (bicyclic) bond motifs is 3. The predicted octanol–water partition coefficient (Wildman–Crippen LogP) is 15.2. The third kappa shape index (κ3) is 4.65. The first-order valence-corrected chi connectivity index (χ1v) is 18.8. The lowest BCUT2D eigenvalue weighted by atomic mass is 9.86. The van der Waals surface area contributed by atoms with E-state index in [1.54, 1.807) is 0 Å². The number of para-hydroxylation sites is 1.